The van der Waals surface area contributed by atoms with E-state index in [1.165, 1.54) is 17.7 Å². The minimum absolute atomic E-state index is 0.137. The Morgan fingerprint density at radius 1 is 1.04 bits per heavy atom. The number of aromatic nitrogens is 1. The maximum atomic E-state index is 13.2. The van der Waals surface area contributed by atoms with Gasteiger partial charge < -0.3 is 14.2 Å². The molecule has 1 saturated heterocycles. The molecule has 0 unspecified atom stereocenters. The van der Waals surface area contributed by atoms with Gasteiger partial charge in [-0.2, -0.15) is 0 Å². The first-order valence-electron chi connectivity index (χ1n) is 8.09. The van der Waals surface area contributed by atoms with Gasteiger partial charge in [-0.15, -0.1) is 0 Å². The van der Waals surface area contributed by atoms with Crippen LogP contribution in [0.3, 0.4) is 0 Å². The van der Waals surface area contributed by atoms with Crippen molar-refractivity contribution in [1.29, 1.82) is 0 Å². The number of halogens is 1. The van der Waals surface area contributed by atoms with Crippen molar-refractivity contribution in [1.82, 2.24) is 4.57 Å². The van der Waals surface area contributed by atoms with E-state index in [2.05, 4.69) is 59.1 Å². The monoisotopic (exact) mass is 322 g/mol. The third kappa shape index (κ3) is 2.81. The maximum Gasteiger partial charge on any atom is 0.158 e. The van der Waals surface area contributed by atoms with E-state index in [0.29, 0.717) is 6.61 Å². The van der Waals surface area contributed by atoms with E-state index in [9.17, 15) is 4.39 Å². The molecule has 4 rings (SSSR count). The van der Waals surface area contributed by atoms with Crippen LogP contribution in [0.25, 0.3) is 5.69 Å². The summed E-state index contributed by atoms with van der Waals surface area (Å²) in [7, 11) is 0. The van der Waals surface area contributed by atoms with Crippen LogP contribution in [0.15, 0.2) is 67.0 Å². The number of anilines is 1. The van der Waals surface area contributed by atoms with Gasteiger partial charge >= 0.3 is 0 Å². The van der Waals surface area contributed by atoms with Crippen LogP contribution in [-0.4, -0.2) is 17.7 Å². The van der Waals surface area contributed by atoms with Crippen LogP contribution in [0.2, 0.25) is 0 Å². The van der Waals surface area contributed by atoms with E-state index in [1.54, 1.807) is 12.1 Å². The second kappa shape index (κ2) is 6.13. The van der Waals surface area contributed by atoms with Crippen molar-refractivity contribution in [2.24, 2.45) is 0 Å². The van der Waals surface area contributed by atoms with Gasteiger partial charge in [0.1, 0.15) is 5.82 Å². The van der Waals surface area contributed by atoms with E-state index in [0.717, 1.165) is 23.5 Å². The number of hydrogen-bond donors (Lipinski definition) is 0. The molecule has 2 aromatic carbocycles. The topological polar surface area (TPSA) is 17.4 Å². The Bertz CT molecular complexity index is 841. The van der Waals surface area contributed by atoms with E-state index in [-0.39, 0.29) is 12.0 Å². The van der Waals surface area contributed by atoms with Crippen LogP contribution in [0, 0.1) is 12.7 Å². The lowest BCUT2D eigenvalue weighted by atomic mass is 10.2. The summed E-state index contributed by atoms with van der Waals surface area (Å²) in [6.07, 6.45) is 4.01. The third-order valence-electron chi connectivity index (χ3n) is 4.35. The van der Waals surface area contributed by atoms with Gasteiger partial charge in [-0.05, 0) is 55.0 Å². The summed E-state index contributed by atoms with van der Waals surface area (Å²) < 4.78 is 21.2. The number of rotatable bonds is 3. The van der Waals surface area contributed by atoms with Crippen LogP contribution in [-0.2, 0) is 4.74 Å². The van der Waals surface area contributed by atoms with E-state index >= 15 is 0 Å². The van der Waals surface area contributed by atoms with Crippen molar-refractivity contribution in [3.8, 4) is 5.69 Å². The summed E-state index contributed by atoms with van der Waals surface area (Å²) in [4.78, 5) is 2.16. The molecule has 2 heterocycles. The fourth-order valence-electron chi connectivity index (χ4n) is 3.15. The molecule has 1 fully saturated rings. The number of benzene rings is 2. The van der Waals surface area contributed by atoms with Gasteiger partial charge in [0.15, 0.2) is 6.23 Å². The predicted octanol–water partition coefficient (Wildman–Crippen LogP) is 4.46. The smallest absolute Gasteiger partial charge is 0.158 e. The van der Waals surface area contributed by atoms with E-state index in [1.807, 2.05) is 0 Å². The minimum Gasteiger partial charge on any atom is -0.352 e. The van der Waals surface area contributed by atoms with Crippen molar-refractivity contribution in [2.75, 3.05) is 18.1 Å². The average Bonchev–Trinajstić information content (AvgIpc) is 3.24. The molecular weight excluding hydrogens is 303 g/mol. The maximum absolute atomic E-state index is 13.2. The van der Waals surface area contributed by atoms with Crippen molar-refractivity contribution in [3.05, 3.63) is 83.9 Å². The fourth-order valence-corrected chi connectivity index (χ4v) is 3.15. The molecule has 0 N–H and O–H groups in total. The summed E-state index contributed by atoms with van der Waals surface area (Å²) in [5, 5.41) is 0. The molecule has 0 bridgehead atoms. The first-order valence-corrected chi connectivity index (χ1v) is 8.09. The first kappa shape index (κ1) is 15.0. The van der Waals surface area contributed by atoms with Gasteiger partial charge in [0.2, 0.25) is 0 Å². The van der Waals surface area contributed by atoms with Crippen molar-refractivity contribution >= 4 is 5.69 Å². The van der Waals surface area contributed by atoms with Gasteiger partial charge in [-0.25, -0.2) is 4.39 Å². The Kier molecular flexibility index (Phi) is 3.82. The number of aryl methyl sites for hydroxylation is 1. The molecule has 0 amide bonds. The molecule has 122 valence electrons. The molecule has 24 heavy (non-hydrogen) atoms. The van der Waals surface area contributed by atoms with Gasteiger partial charge in [0, 0.05) is 35.9 Å². The first-order chi connectivity index (χ1) is 11.7. The van der Waals surface area contributed by atoms with Gasteiger partial charge in [0.05, 0.1) is 6.61 Å². The highest BCUT2D eigenvalue weighted by Gasteiger charge is 2.27. The zero-order valence-electron chi connectivity index (χ0n) is 13.5. The van der Waals surface area contributed by atoms with E-state index < -0.39 is 0 Å². The molecule has 1 atom stereocenters. The van der Waals surface area contributed by atoms with Crippen LogP contribution in [0.5, 0.6) is 0 Å². The molecule has 0 aliphatic carbocycles. The predicted molar refractivity (Wildman–Crippen MR) is 92.9 cm³/mol. The van der Waals surface area contributed by atoms with E-state index in [4.69, 9.17) is 4.74 Å². The van der Waals surface area contributed by atoms with Crippen molar-refractivity contribution in [2.45, 2.75) is 13.2 Å². The molecule has 1 aliphatic rings. The summed E-state index contributed by atoms with van der Waals surface area (Å²) >= 11 is 0. The second-order valence-electron chi connectivity index (χ2n) is 6.08. The summed E-state index contributed by atoms with van der Waals surface area (Å²) in [6, 6.07) is 17.0. The van der Waals surface area contributed by atoms with Crippen molar-refractivity contribution < 1.29 is 9.13 Å². The Morgan fingerprint density at radius 2 is 1.88 bits per heavy atom. The number of ether oxygens (including phenoxy) is 1. The standard InChI is InChI=1S/C20H19FN2O/c1-15-3-2-4-19(13-15)22-10-9-16(14-22)20-23(11-12-24-20)18-7-5-17(21)6-8-18/h2-10,13-14,20H,11-12H2,1H3/t20-/m0/s1. The molecule has 0 spiro atoms. The normalized spacial score (nSPS) is 17.4. The second-order valence-corrected chi connectivity index (χ2v) is 6.08. The van der Waals surface area contributed by atoms with Crippen LogP contribution in [0.4, 0.5) is 10.1 Å². The van der Waals surface area contributed by atoms with Gasteiger partial charge in [-0.1, -0.05) is 12.1 Å². The lowest BCUT2D eigenvalue weighted by Crippen LogP contribution is -2.22. The molecule has 1 aliphatic heterocycles. The fraction of sp³-hybridized carbons (Fsp3) is 0.200. The largest absolute Gasteiger partial charge is 0.352 e. The Hall–Kier alpha value is -2.59. The van der Waals surface area contributed by atoms with Crippen molar-refractivity contribution in [3.63, 3.8) is 0 Å². The molecule has 0 saturated carbocycles. The zero-order valence-corrected chi connectivity index (χ0v) is 13.5. The molecular formula is C20H19FN2O. The number of hydrogen-bond acceptors (Lipinski definition) is 2. The molecule has 0 radical (unpaired) electrons. The lowest BCUT2D eigenvalue weighted by molar-refractivity contribution is 0.114. The zero-order chi connectivity index (χ0) is 16.5. The molecule has 3 nitrogen and oxygen atoms in total. The highest BCUT2D eigenvalue weighted by molar-refractivity contribution is 5.49. The molecule has 1 aromatic heterocycles. The lowest BCUT2D eigenvalue weighted by Gasteiger charge is -2.24. The SMILES string of the molecule is Cc1cccc(-n2ccc([C@@H]3OCCN3c3ccc(F)cc3)c2)c1. The number of nitrogens with zero attached hydrogens (tertiary/aromatic N) is 2. The van der Waals surface area contributed by atoms with Crippen LogP contribution < -0.4 is 4.90 Å². The summed E-state index contributed by atoms with van der Waals surface area (Å²) in [5.74, 6) is -0.221. The minimum atomic E-state index is -0.221. The Morgan fingerprint density at radius 3 is 2.67 bits per heavy atom. The molecule has 4 heteroatoms. The molecule has 3 aromatic rings. The quantitative estimate of drug-likeness (QED) is 0.708. The van der Waals surface area contributed by atoms with Gasteiger partial charge in [-0.3, -0.25) is 0 Å². The summed E-state index contributed by atoms with van der Waals surface area (Å²) in [6.45, 7) is 3.55. The average molecular weight is 322 g/mol. The van der Waals surface area contributed by atoms with Crippen LogP contribution >= 0.6 is 0 Å². The van der Waals surface area contributed by atoms with Crippen LogP contribution in [0.1, 0.15) is 17.4 Å². The van der Waals surface area contributed by atoms with Gasteiger partial charge in [0.25, 0.3) is 0 Å². The Labute approximate surface area is 140 Å². The summed E-state index contributed by atoms with van der Waals surface area (Å²) in [5.41, 5.74) is 4.43. The third-order valence-corrected chi connectivity index (χ3v) is 4.35. The highest BCUT2D eigenvalue weighted by atomic mass is 19.1. The Balaban J connectivity index is 1.62. The highest BCUT2D eigenvalue weighted by Crippen LogP contribution is 2.32.